The molecule has 0 spiro atoms. The third-order valence-corrected chi connectivity index (χ3v) is 2.57. The van der Waals surface area contributed by atoms with E-state index in [-0.39, 0.29) is 5.75 Å². The molecule has 0 saturated heterocycles. The molecular formula is C11H12ClN3O2. The summed E-state index contributed by atoms with van der Waals surface area (Å²) in [5, 5.41) is 16.4. The molecule has 0 saturated carbocycles. The first kappa shape index (κ1) is 11.9. The maximum absolute atomic E-state index is 9.26. The van der Waals surface area contributed by atoms with Gasteiger partial charge in [0.15, 0.2) is 6.33 Å². The molecule has 2 aromatic rings. The summed E-state index contributed by atoms with van der Waals surface area (Å²) in [6, 6.07) is 5.13. The van der Waals surface area contributed by atoms with Crippen LogP contribution in [0.4, 0.5) is 0 Å². The fourth-order valence-electron chi connectivity index (χ4n) is 1.39. The predicted molar refractivity (Wildman–Crippen MR) is 62.8 cm³/mol. The van der Waals surface area contributed by atoms with Crippen LogP contribution in [0, 0.1) is 0 Å². The Hall–Kier alpha value is -1.59. The van der Waals surface area contributed by atoms with Gasteiger partial charge in [-0.3, -0.25) is 0 Å². The van der Waals surface area contributed by atoms with Crippen molar-refractivity contribution in [2.75, 3.05) is 6.54 Å². The molecular weight excluding hydrogens is 242 g/mol. The quantitative estimate of drug-likeness (QED) is 0.795. The average Bonchev–Trinajstić information content (AvgIpc) is 2.82. The first-order valence-corrected chi connectivity index (χ1v) is 5.57. The number of hydrogen-bond acceptors (Lipinski definition) is 5. The zero-order chi connectivity index (χ0) is 12.1. The van der Waals surface area contributed by atoms with Gasteiger partial charge in [-0.05, 0) is 17.7 Å². The Bertz CT molecular complexity index is 474. The molecule has 0 bridgehead atoms. The van der Waals surface area contributed by atoms with Crippen LogP contribution in [0.5, 0.6) is 5.75 Å². The van der Waals surface area contributed by atoms with Gasteiger partial charge in [-0.25, -0.2) is 0 Å². The van der Waals surface area contributed by atoms with E-state index in [1.54, 1.807) is 12.1 Å². The van der Waals surface area contributed by atoms with Gasteiger partial charge in [0.1, 0.15) is 5.75 Å². The van der Waals surface area contributed by atoms with Crippen LogP contribution in [0.1, 0.15) is 11.5 Å². The van der Waals surface area contributed by atoms with E-state index in [0.717, 1.165) is 12.1 Å². The molecule has 0 aliphatic carbocycles. The van der Waals surface area contributed by atoms with Crippen molar-refractivity contribution in [3.05, 3.63) is 41.0 Å². The van der Waals surface area contributed by atoms with Crippen molar-refractivity contribution in [1.82, 2.24) is 15.5 Å². The molecule has 6 heteroatoms. The van der Waals surface area contributed by atoms with Gasteiger partial charge in [-0.1, -0.05) is 22.8 Å². The van der Waals surface area contributed by atoms with Crippen LogP contribution in [-0.4, -0.2) is 21.8 Å². The summed E-state index contributed by atoms with van der Waals surface area (Å²) < 4.78 is 4.87. The van der Waals surface area contributed by atoms with E-state index < -0.39 is 0 Å². The van der Waals surface area contributed by atoms with Gasteiger partial charge in [0.05, 0.1) is 5.02 Å². The number of aromatic nitrogens is 2. The normalized spacial score (nSPS) is 10.6. The number of nitrogens with one attached hydrogen (secondary N) is 1. The summed E-state index contributed by atoms with van der Waals surface area (Å²) in [6.45, 7) is 1.41. The Morgan fingerprint density at radius 3 is 3.00 bits per heavy atom. The molecule has 0 radical (unpaired) electrons. The highest BCUT2D eigenvalue weighted by Gasteiger charge is 2.01. The molecule has 17 heavy (non-hydrogen) atoms. The second-order valence-corrected chi connectivity index (χ2v) is 3.95. The van der Waals surface area contributed by atoms with Gasteiger partial charge in [0.2, 0.25) is 5.89 Å². The minimum absolute atomic E-state index is 0.0984. The van der Waals surface area contributed by atoms with E-state index in [9.17, 15) is 5.11 Å². The third-order valence-electron chi connectivity index (χ3n) is 2.26. The van der Waals surface area contributed by atoms with Gasteiger partial charge in [0.25, 0.3) is 0 Å². The number of phenols is 1. The number of nitrogens with zero attached hydrogens (tertiary/aromatic N) is 2. The summed E-state index contributed by atoms with van der Waals surface area (Å²) in [5.74, 6) is 0.711. The number of hydrogen-bond donors (Lipinski definition) is 2. The van der Waals surface area contributed by atoms with E-state index in [2.05, 4.69) is 15.5 Å². The monoisotopic (exact) mass is 253 g/mol. The molecule has 0 aliphatic rings. The lowest BCUT2D eigenvalue weighted by atomic mass is 10.2. The fraction of sp³-hybridized carbons (Fsp3) is 0.273. The van der Waals surface area contributed by atoms with Crippen molar-refractivity contribution in [2.24, 2.45) is 0 Å². The van der Waals surface area contributed by atoms with Crippen LogP contribution in [0.2, 0.25) is 5.02 Å². The average molecular weight is 254 g/mol. The summed E-state index contributed by atoms with van der Waals surface area (Å²) >= 11 is 5.80. The molecule has 0 atom stereocenters. The molecule has 0 unspecified atom stereocenters. The highest BCUT2D eigenvalue weighted by Crippen LogP contribution is 2.23. The van der Waals surface area contributed by atoms with Crippen molar-refractivity contribution in [3.63, 3.8) is 0 Å². The van der Waals surface area contributed by atoms with E-state index in [1.807, 2.05) is 6.07 Å². The smallest absolute Gasteiger partial charge is 0.227 e. The topological polar surface area (TPSA) is 71.2 Å². The molecule has 1 aromatic heterocycles. The van der Waals surface area contributed by atoms with Crippen molar-refractivity contribution < 1.29 is 9.63 Å². The molecule has 90 valence electrons. The summed E-state index contributed by atoms with van der Waals surface area (Å²) in [4.78, 5) is 3.91. The van der Waals surface area contributed by atoms with E-state index >= 15 is 0 Å². The highest BCUT2D eigenvalue weighted by atomic mass is 35.5. The second-order valence-electron chi connectivity index (χ2n) is 3.55. The largest absolute Gasteiger partial charge is 0.506 e. The summed E-state index contributed by atoms with van der Waals surface area (Å²) in [7, 11) is 0. The van der Waals surface area contributed by atoms with Crippen LogP contribution in [0.25, 0.3) is 0 Å². The minimum Gasteiger partial charge on any atom is -0.506 e. The van der Waals surface area contributed by atoms with Crippen LogP contribution < -0.4 is 5.32 Å². The molecule has 1 heterocycles. The van der Waals surface area contributed by atoms with Gasteiger partial charge in [-0.2, -0.15) is 4.98 Å². The van der Waals surface area contributed by atoms with Crippen molar-refractivity contribution in [2.45, 2.75) is 13.0 Å². The Balaban J connectivity index is 1.76. The van der Waals surface area contributed by atoms with Crippen molar-refractivity contribution in [1.29, 1.82) is 0 Å². The first-order valence-electron chi connectivity index (χ1n) is 5.19. The van der Waals surface area contributed by atoms with E-state index in [0.29, 0.717) is 23.9 Å². The zero-order valence-corrected chi connectivity index (χ0v) is 9.81. The number of benzene rings is 1. The highest BCUT2D eigenvalue weighted by molar-refractivity contribution is 6.32. The van der Waals surface area contributed by atoms with E-state index in [1.165, 1.54) is 6.33 Å². The number of phenolic OH excluding ortho intramolecular Hbond substituents is 1. The minimum atomic E-state index is 0.0984. The van der Waals surface area contributed by atoms with Crippen LogP contribution >= 0.6 is 11.6 Å². The number of halogens is 1. The maximum atomic E-state index is 9.26. The second kappa shape index (κ2) is 5.65. The maximum Gasteiger partial charge on any atom is 0.227 e. The van der Waals surface area contributed by atoms with Gasteiger partial charge in [-0.15, -0.1) is 0 Å². The molecule has 2 rings (SSSR count). The van der Waals surface area contributed by atoms with Crippen molar-refractivity contribution >= 4 is 11.6 Å². The third kappa shape index (κ3) is 3.44. The lowest BCUT2D eigenvalue weighted by molar-refractivity contribution is 0.375. The fourth-order valence-corrected chi connectivity index (χ4v) is 1.60. The molecule has 1 aromatic carbocycles. The number of rotatable bonds is 5. The lowest BCUT2D eigenvalue weighted by Crippen LogP contribution is -2.16. The Kier molecular flexibility index (Phi) is 3.95. The standard InChI is InChI=1S/C11H12ClN3O2/c12-9-5-8(1-2-10(9)16)6-13-4-3-11-14-7-15-17-11/h1-2,5,7,13,16H,3-4,6H2. The summed E-state index contributed by atoms with van der Waals surface area (Å²) in [5.41, 5.74) is 1.01. The lowest BCUT2D eigenvalue weighted by Gasteiger charge is -2.04. The van der Waals surface area contributed by atoms with Crippen LogP contribution in [0.15, 0.2) is 29.0 Å². The zero-order valence-electron chi connectivity index (χ0n) is 9.06. The first-order chi connectivity index (χ1) is 8.25. The predicted octanol–water partition coefficient (Wildman–Crippen LogP) is 1.76. The van der Waals surface area contributed by atoms with Gasteiger partial charge < -0.3 is 14.9 Å². The molecule has 0 fully saturated rings. The Morgan fingerprint density at radius 2 is 2.29 bits per heavy atom. The SMILES string of the molecule is Oc1ccc(CNCCc2ncno2)cc1Cl. The number of aromatic hydroxyl groups is 1. The molecule has 5 nitrogen and oxygen atoms in total. The Labute approximate surface area is 103 Å². The Morgan fingerprint density at radius 1 is 1.41 bits per heavy atom. The molecule has 2 N–H and O–H groups in total. The van der Waals surface area contributed by atoms with E-state index in [4.69, 9.17) is 16.1 Å². The molecule has 0 amide bonds. The van der Waals surface area contributed by atoms with Crippen LogP contribution in [-0.2, 0) is 13.0 Å². The summed E-state index contributed by atoms with van der Waals surface area (Å²) in [6.07, 6.45) is 2.07. The van der Waals surface area contributed by atoms with Crippen molar-refractivity contribution in [3.8, 4) is 5.75 Å². The van der Waals surface area contributed by atoms with Crippen LogP contribution in [0.3, 0.4) is 0 Å². The van der Waals surface area contributed by atoms with Gasteiger partial charge >= 0.3 is 0 Å². The van der Waals surface area contributed by atoms with Gasteiger partial charge in [0, 0.05) is 19.5 Å². The molecule has 0 aliphatic heterocycles.